The summed E-state index contributed by atoms with van der Waals surface area (Å²) in [6, 6.07) is 10.1. The minimum absolute atomic E-state index is 0.206. The van der Waals surface area contributed by atoms with Crippen LogP contribution < -0.4 is 5.56 Å². The van der Waals surface area contributed by atoms with Crippen LogP contribution in [0.5, 0.6) is 0 Å². The van der Waals surface area contributed by atoms with E-state index in [1.54, 1.807) is 18.7 Å². The van der Waals surface area contributed by atoms with Crippen molar-refractivity contribution in [3.63, 3.8) is 0 Å². The van der Waals surface area contributed by atoms with Crippen LogP contribution in [-0.2, 0) is 0 Å². The molecule has 3 aromatic rings. The fraction of sp³-hybridized carbons (Fsp3) is 0.143. The van der Waals surface area contributed by atoms with Gasteiger partial charge in [-0.15, -0.1) is 15.3 Å². The van der Waals surface area contributed by atoms with Crippen molar-refractivity contribution in [3.05, 3.63) is 58.0 Å². The Bertz CT molecular complexity index is 839. The molecule has 0 unspecified atom stereocenters. The second kappa shape index (κ2) is 6.19. The summed E-state index contributed by atoms with van der Waals surface area (Å²) < 4.78 is 2.13. The van der Waals surface area contributed by atoms with Gasteiger partial charge in [0.15, 0.2) is 4.34 Å². The van der Waals surface area contributed by atoms with Gasteiger partial charge < -0.3 is 0 Å². The van der Waals surface area contributed by atoms with Gasteiger partial charge >= 0.3 is 0 Å². The minimum Gasteiger partial charge on any atom is -0.265 e. The summed E-state index contributed by atoms with van der Waals surface area (Å²) in [5.41, 5.74) is 1.32. The van der Waals surface area contributed by atoms with E-state index in [0.717, 1.165) is 10.1 Å². The van der Waals surface area contributed by atoms with Crippen molar-refractivity contribution in [2.75, 3.05) is 5.75 Å². The average Bonchev–Trinajstić information content (AvgIpc) is 2.93. The van der Waals surface area contributed by atoms with Crippen LogP contribution in [0.15, 0.2) is 45.5 Å². The zero-order valence-electron chi connectivity index (χ0n) is 11.3. The molecule has 0 bridgehead atoms. The fourth-order valence-electron chi connectivity index (χ4n) is 1.70. The Hall–Kier alpha value is -1.99. The second-order valence-electron chi connectivity index (χ2n) is 4.28. The van der Waals surface area contributed by atoms with Crippen LogP contribution >= 0.6 is 23.1 Å². The molecule has 0 fully saturated rings. The van der Waals surface area contributed by atoms with Crippen molar-refractivity contribution in [3.8, 4) is 0 Å². The largest absolute Gasteiger partial charge is 0.296 e. The number of benzene rings is 1. The fourth-order valence-corrected chi connectivity index (χ4v) is 3.41. The number of aryl methyl sites for hydroxylation is 1. The highest BCUT2D eigenvalue weighted by molar-refractivity contribution is 8.01. The monoisotopic (exact) mass is 316 g/mol. The van der Waals surface area contributed by atoms with E-state index in [1.807, 2.05) is 18.2 Å². The topological polar surface area (TPSA) is 60.1 Å². The summed E-state index contributed by atoms with van der Waals surface area (Å²) in [6.07, 6.45) is 4.14. The Morgan fingerprint density at radius 3 is 2.90 bits per heavy atom. The van der Waals surface area contributed by atoms with Gasteiger partial charge in [0.1, 0.15) is 5.69 Å². The Labute approximate surface area is 129 Å². The van der Waals surface area contributed by atoms with Crippen LogP contribution in [0.3, 0.4) is 0 Å². The third kappa shape index (κ3) is 3.20. The number of aromatic nitrogens is 4. The Morgan fingerprint density at radius 2 is 2.10 bits per heavy atom. The Kier molecular flexibility index (Phi) is 4.12. The molecular weight excluding hydrogens is 304 g/mol. The summed E-state index contributed by atoms with van der Waals surface area (Å²) in [4.78, 5) is 12.4. The van der Waals surface area contributed by atoms with Gasteiger partial charge in [0.25, 0.3) is 5.56 Å². The van der Waals surface area contributed by atoms with E-state index in [-0.39, 0.29) is 5.56 Å². The summed E-state index contributed by atoms with van der Waals surface area (Å²) in [5, 5.41) is 12.1. The molecule has 1 aromatic carbocycles. The number of hydrogen-bond acceptors (Lipinski definition) is 6. The first-order valence-electron chi connectivity index (χ1n) is 6.31. The molecule has 0 spiro atoms. The highest BCUT2D eigenvalue weighted by Crippen LogP contribution is 2.23. The van der Waals surface area contributed by atoms with Crippen LogP contribution in [0.2, 0.25) is 0 Å². The van der Waals surface area contributed by atoms with Gasteiger partial charge in [-0.2, -0.15) is 4.52 Å². The summed E-state index contributed by atoms with van der Waals surface area (Å²) in [5.74, 6) is 0.788. The quantitative estimate of drug-likeness (QED) is 0.693. The molecule has 0 aliphatic rings. The number of thioether (sulfide) groups is 1. The predicted octanol–water partition coefficient (Wildman–Crippen LogP) is 2.66. The highest BCUT2D eigenvalue weighted by Gasteiger charge is 2.08. The lowest BCUT2D eigenvalue weighted by molar-refractivity contribution is 0.803. The lowest BCUT2D eigenvalue weighted by Crippen LogP contribution is -2.19. The molecule has 0 amide bonds. The smallest absolute Gasteiger partial charge is 0.265 e. The van der Waals surface area contributed by atoms with E-state index in [1.165, 1.54) is 21.4 Å². The van der Waals surface area contributed by atoms with Gasteiger partial charge in [0.2, 0.25) is 4.96 Å². The van der Waals surface area contributed by atoms with Crippen LogP contribution in [0.4, 0.5) is 0 Å². The number of nitrogens with zero attached hydrogens (tertiary/aromatic N) is 4. The van der Waals surface area contributed by atoms with E-state index in [0.29, 0.717) is 10.7 Å². The van der Waals surface area contributed by atoms with Crippen LogP contribution in [0.25, 0.3) is 11.0 Å². The van der Waals surface area contributed by atoms with Gasteiger partial charge in [-0.05, 0) is 12.5 Å². The molecule has 106 valence electrons. The van der Waals surface area contributed by atoms with Crippen LogP contribution in [-0.4, -0.2) is 25.6 Å². The zero-order chi connectivity index (χ0) is 14.7. The first-order chi connectivity index (χ1) is 10.2. The van der Waals surface area contributed by atoms with E-state index in [9.17, 15) is 4.79 Å². The minimum atomic E-state index is -0.206. The first kappa shape index (κ1) is 14.0. The highest BCUT2D eigenvalue weighted by atomic mass is 32.2. The van der Waals surface area contributed by atoms with Crippen molar-refractivity contribution < 1.29 is 0 Å². The molecule has 2 aromatic heterocycles. The van der Waals surface area contributed by atoms with Gasteiger partial charge in [-0.3, -0.25) is 4.79 Å². The Balaban J connectivity index is 1.70. The van der Waals surface area contributed by atoms with Crippen molar-refractivity contribution in [2.45, 2.75) is 11.3 Å². The molecule has 0 aliphatic carbocycles. The van der Waals surface area contributed by atoms with Gasteiger partial charge in [-0.25, -0.2) is 0 Å². The average molecular weight is 316 g/mol. The van der Waals surface area contributed by atoms with E-state index < -0.39 is 0 Å². The molecule has 2 heterocycles. The molecule has 7 heteroatoms. The lowest BCUT2D eigenvalue weighted by atomic mass is 10.2. The second-order valence-corrected chi connectivity index (χ2v) is 6.50. The predicted molar refractivity (Wildman–Crippen MR) is 85.9 cm³/mol. The van der Waals surface area contributed by atoms with Gasteiger partial charge in [0.05, 0.1) is 0 Å². The molecular formula is C14H12N4OS2. The molecule has 21 heavy (non-hydrogen) atoms. The summed E-state index contributed by atoms with van der Waals surface area (Å²) in [7, 11) is 0. The summed E-state index contributed by atoms with van der Waals surface area (Å²) in [6.45, 7) is 1.64. The molecule has 0 saturated heterocycles. The third-order valence-corrected chi connectivity index (χ3v) is 4.73. The van der Waals surface area contributed by atoms with Gasteiger partial charge in [-0.1, -0.05) is 65.6 Å². The first-order valence-corrected chi connectivity index (χ1v) is 8.12. The lowest BCUT2D eigenvalue weighted by Gasteiger charge is -1.91. The van der Waals surface area contributed by atoms with Crippen molar-refractivity contribution >= 4 is 34.1 Å². The molecule has 0 aliphatic heterocycles. The normalized spacial score (nSPS) is 11.5. The molecule has 3 rings (SSSR count). The van der Waals surface area contributed by atoms with E-state index >= 15 is 0 Å². The molecule has 0 radical (unpaired) electrons. The maximum absolute atomic E-state index is 11.8. The van der Waals surface area contributed by atoms with Crippen LogP contribution in [0.1, 0.15) is 11.3 Å². The number of fused-ring (bicyclic) bond motifs is 1. The standard InChI is InChI=1S/C14H12N4OS2/c1-10-12(19)18-13(16-15-10)21-14(17-18)20-9-5-8-11-6-3-2-4-7-11/h2-8H,9H2,1H3/b8-5+. The van der Waals surface area contributed by atoms with Crippen LogP contribution in [0, 0.1) is 6.92 Å². The molecule has 0 N–H and O–H groups in total. The maximum Gasteiger partial charge on any atom is 0.296 e. The number of rotatable bonds is 4. The van der Waals surface area contributed by atoms with Gasteiger partial charge in [0, 0.05) is 5.75 Å². The maximum atomic E-state index is 11.8. The molecule has 0 atom stereocenters. The SMILES string of the molecule is Cc1nnc2sc(SC/C=C/c3ccccc3)nn2c1=O. The van der Waals surface area contributed by atoms with Crippen molar-refractivity contribution in [1.82, 2.24) is 19.8 Å². The zero-order valence-corrected chi connectivity index (χ0v) is 12.9. The van der Waals surface area contributed by atoms with Crippen molar-refractivity contribution in [2.24, 2.45) is 0 Å². The van der Waals surface area contributed by atoms with E-state index in [4.69, 9.17) is 0 Å². The molecule has 0 saturated carbocycles. The van der Waals surface area contributed by atoms with E-state index in [2.05, 4.69) is 39.6 Å². The number of hydrogen-bond donors (Lipinski definition) is 0. The Morgan fingerprint density at radius 1 is 1.29 bits per heavy atom. The van der Waals surface area contributed by atoms with Crippen molar-refractivity contribution in [1.29, 1.82) is 0 Å². The summed E-state index contributed by atoms with van der Waals surface area (Å²) >= 11 is 2.95. The third-order valence-electron chi connectivity index (χ3n) is 2.74. The molecule has 5 nitrogen and oxygen atoms in total.